The molecule has 1 saturated heterocycles. The summed E-state index contributed by atoms with van der Waals surface area (Å²) in [5.41, 5.74) is 1.13. The molecule has 4 heteroatoms. The summed E-state index contributed by atoms with van der Waals surface area (Å²) >= 11 is 0. The summed E-state index contributed by atoms with van der Waals surface area (Å²) in [4.78, 5) is 15.8. The van der Waals surface area contributed by atoms with E-state index in [1.54, 1.807) is 0 Å². The van der Waals surface area contributed by atoms with Gasteiger partial charge in [0, 0.05) is 32.1 Å². The number of halogens is 1. The van der Waals surface area contributed by atoms with Crippen molar-refractivity contribution in [2.45, 2.75) is 32.2 Å². The third-order valence-electron chi connectivity index (χ3n) is 4.07. The molecule has 0 radical (unpaired) electrons. The summed E-state index contributed by atoms with van der Waals surface area (Å²) < 4.78 is 13.0. The Morgan fingerprint density at radius 3 is 2.60 bits per heavy atom. The number of likely N-dealkylation sites (N-methyl/N-ethyl adjacent to an activating group) is 1. The van der Waals surface area contributed by atoms with E-state index in [1.807, 2.05) is 17.0 Å². The number of carbonyl (C=O) groups is 1. The molecule has 1 aromatic rings. The number of rotatable bonds is 6. The van der Waals surface area contributed by atoms with Gasteiger partial charge in [-0.2, -0.15) is 0 Å². The third-order valence-corrected chi connectivity index (χ3v) is 4.07. The number of benzene rings is 1. The van der Waals surface area contributed by atoms with E-state index in [9.17, 15) is 9.18 Å². The van der Waals surface area contributed by atoms with Gasteiger partial charge in [-0.3, -0.25) is 9.69 Å². The predicted octanol–water partition coefficient (Wildman–Crippen LogP) is 2.83. The van der Waals surface area contributed by atoms with Gasteiger partial charge in [0.2, 0.25) is 5.91 Å². The molecule has 110 valence electrons. The molecule has 1 aromatic carbocycles. The van der Waals surface area contributed by atoms with Crippen molar-refractivity contribution in [1.82, 2.24) is 9.80 Å². The monoisotopic (exact) mass is 278 g/mol. The lowest BCUT2D eigenvalue weighted by atomic mass is 10.0. The molecule has 1 atom stereocenters. The Kier molecular flexibility index (Phi) is 5.12. The lowest BCUT2D eigenvalue weighted by Crippen LogP contribution is -2.35. The standard InChI is InChI=1S/C16H23FN2O/c1-3-15(13-6-8-14(17)9-7-13)18(2)11-12-19-10-4-5-16(19)20/h6-9,15H,3-5,10-12H2,1-2H3. The fraction of sp³-hybridized carbons (Fsp3) is 0.562. The summed E-state index contributed by atoms with van der Waals surface area (Å²) in [6.07, 6.45) is 2.65. The predicted molar refractivity (Wildman–Crippen MR) is 77.9 cm³/mol. The number of carbonyl (C=O) groups excluding carboxylic acids is 1. The van der Waals surface area contributed by atoms with Crippen molar-refractivity contribution in [3.8, 4) is 0 Å². The maximum Gasteiger partial charge on any atom is 0.222 e. The van der Waals surface area contributed by atoms with Crippen LogP contribution in [0.2, 0.25) is 0 Å². The van der Waals surface area contributed by atoms with Crippen molar-refractivity contribution >= 4 is 5.91 Å². The van der Waals surface area contributed by atoms with E-state index in [1.165, 1.54) is 12.1 Å². The van der Waals surface area contributed by atoms with Gasteiger partial charge in [-0.15, -0.1) is 0 Å². The van der Waals surface area contributed by atoms with Gasteiger partial charge in [0.1, 0.15) is 5.82 Å². The summed E-state index contributed by atoms with van der Waals surface area (Å²) in [7, 11) is 2.07. The minimum Gasteiger partial charge on any atom is -0.341 e. The van der Waals surface area contributed by atoms with Crippen molar-refractivity contribution in [2.24, 2.45) is 0 Å². The molecule has 20 heavy (non-hydrogen) atoms. The number of hydrogen-bond donors (Lipinski definition) is 0. The fourth-order valence-corrected chi connectivity index (χ4v) is 2.86. The molecule has 1 aliphatic rings. The zero-order chi connectivity index (χ0) is 14.5. The van der Waals surface area contributed by atoms with Gasteiger partial charge in [-0.05, 0) is 37.6 Å². The highest BCUT2D eigenvalue weighted by molar-refractivity contribution is 5.78. The zero-order valence-corrected chi connectivity index (χ0v) is 12.3. The molecule has 0 bridgehead atoms. The van der Waals surface area contributed by atoms with Crippen molar-refractivity contribution < 1.29 is 9.18 Å². The SMILES string of the molecule is CCC(c1ccc(F)cc1)N(C)CCN1CCCC1=O. The number of nitrogens with zero attached hydrogens (tertiary/aromatic N) is 2. The number of likely N-dealkylation sites (tertiary alicyclic amines) is 1. The zero-order valence-electron chi connectivity index (χ0n) is 12.3. The lowest BCUT2D eigenvalue weighted by Gasteiger charge is -2.29. The van der Waals surface area contributed by atoms with Crippen LogP contribution in [0, 0.1) is 5.82 Å². The molecule has 1 unspecified atom stereocenters. The molecule has 0 aliphatic carbocycles. The first-order chi connectivity index (χ1) is 9.61. The highest BCUT2D eigenvalue weighted by Crippen LogP contribution is 2.23. The van der Waals surface area contributed by atoms with E-state index < -0.39 is 0 Å². The molecule has 1 heterocycles. The van der Waals surface area contributed by atoms with Crippen LogP contribution in [0.25, 0.3) is 0 Å². The van der Waals surface area contributed by atoms with Gasteiger partial charge in [-0.1, -0.05) is 19.1 Å². The van der Waals surface area contributed by atoms with E-state index in [4.69, 9.17) is 0 Å². The number of hydrogen-bond acceptors (Lipinski definition) is 2. The van der Waals surface area contributed by atoms with Gasteiger partial charge in [-0.25, -0.2) is 4.39 Å². The average molecular weight is 278 g/mol. The molecule has 0 saturated carbocycles. The highest BCUT2D eigenvalue weighted by Gasteiger charge is 2.21. The minimum atomic E-state index is -0.200. The van der Waals surface area contributed by atoms with Gasteiger partial charge in [0.15, 0.2) is 0 Å². The van der Waals surface area contributed by atoms with E-state index in [0.29, 0.717) is 6.42 Å². The number of amides is 1. The quantitative estimate of drug-likeness (QED) is 0.799. The van der Waals surface area contributed by atoms with Crippen molar-refractivity contribution in [3.05, 3.63) is 35.6 Å². The van der Waals surface area contributed by atoms with Crippen LogP contribution in [0.5, 0.6) is 0 Å². The van der Waals surface area contributed by atoms with Crippen LogP contribution in [0.4, 0.5) is 4.39 Å². The summed E-state index contributed by atoms with van der Waals surface area (Å²) in [5.74, 6) is 0.0714. The second-order valence-corrected chi connectivity index (χ2v) is 5.44. The van der Waals surface area contributed by atoms with Crippen LogP contribution in [0.1, 0.15) is 37.8 Å². The average Bonchev–Trinajstić information content (AvgIpc) is 2.85. The Labute approximate surface area is 120 Å². The topological polar surface area (TPSA) is 23.6 Å². The Hall–Kier alpha value is -1.42. The summed E-state index contributed by atoms with van der Waals surface area (Å²) in [6, 6.07) is 6.99. The van der Waals surface area contributed by atoms with Gasteiger partial charge < -0.3 is 4.90 Å². The molecular formula is C16H23FN2O. The first-order valence-corrected chi connectivity index (χ1v) is 7.35. The van der Waals surface area contributed by atoms with E-state index in [-0.39, 0.29) is 17.8 Å². The Morgan fingerprint density at radius 2 is 2.05 bits per heavy atom. The van der Waals surface area contributed by atoms with Crippen LogP contribution in [0.15, 0.2) is 24.3 Å². The molecule has 1 aliphatic heterocycles. The van der Waals surface area contributed by atoms with E-state index in [2.05, 4.69) is 18.9 Å². The van der Waals surface area contributed by atoms with Crippen LogP contribution >= 0.6 is 0 Å². The highest BCUT2D eigenvalue weighted by atomic mass is 19.1. The first kappa shape index (κ1) is 15.0. The Balaban J connectivity index is 1.93. The second kappa shape index (κ2) is 6.84. The van der Waals surface area contributed by atoms with Gasteiger partial charge in [0.05, 0.1) is 0 Å². The van der Waals surface area contributed by atoms with Crippen LogP contribution in [0.3, 0.4) is 0 Å². The molecule has 0 N–H and O–H groups in total. The van der Waals surface area contributed by atoms with Crippen molar-refractivity contribution in [1.29, 1.82) is 0 Å². The van der Waals surface area contributed by atoms with Crippen LogP contribution in [-0.2, 0) is 4.79 Å². The molecule has 2 rings (SSSR count). The van der Waals surface area contributed by atoms with Gasteiger partial charge in [0.25, 0.3) is 0 Å². The van der Waals surface area contributed by atoms with Crippen molar-refractivity contribution in [2.75, 3.05) is 26.7 Å². The minimum absolute atomic E-state index is 0.200. The molecule has 0 spiro atoms. The Morgan fingerprint density at radius 1 is 1.35 bits per heavy atom. The van der Waals surface area contributed by atoms with E-state index >= 15 is 0 Å². The summed E-state index contributed by atoms with van der Waals surface area (Å²) in [5, 5.41) is 0. The lowest BCUT2D eigenvalue weighted by molar-refractivity contribution is -0.127. The van der Waals surface area contributed by atoms with E-state index in [0.717, 1.165) is 38.0 Å². The smallest absolute Gasteiger partial charge is 0.222 e. The molecule has 1 amide bonds. The third kappa shape index (κ3) is 3.57. The maximum absolute atomic E-state index is 13.0. The largest absolute Gasteiger partial charge is 0.341 e. The molecular weight excluding hydrogens is 255 g/mol. The fourth-order valence-electron chi connectivity index (χ4n) is 2.86. The van der Waals surface area contributed by atoms with Gasteiger partial charge >= 0.3 is 0 Å². The Bertz CT molecular complexity index is 446. The second-order valence-electron chi connectivity index (χ2n) is 5.44. The molecule has 0 aromatic heterocycles. The first-order valence-electron chi connectivity index (χ1n) is 7.35. The molecule has 1 fully saturated rings. The summed E-state index contributed by atoms with van der Waals surface area (Å²) in [6.45, 7) is 4.65. The maximum atomic E-state index is 13.0. The van der Waals surface area contributed by atoms with Crippen LogP contribution in [-0.4, -0.2) is 42.4 Å². The normalized spacial score (nSPS) is 17.0. The van der Waals surface area contributed by atoms with Crippen molar-refractivity contribution in [3.63, 3.8) is 0 Å². The van der Waals surface area contributed by atoms with Crippen LogP contribution < -0.4 is 0 Å². The molecule has 3 nitrogen and oxygen atoms in total.